The van der Waals surface area contributed by atoms with E-state index in [4.69, 9.17) is 5.73 Å². The Hall–Kier alpha value is -2.10. The van der Waals surface area contributed by atoms with E-state index in [1.807, 2.05) is 0 Å². The van der Waals surface area contributed by atoms with Gasteiger partial charge >= 0.3 is 0 Å². The Balaban J connectivity index is 1.71. The first-order valence-corrected chi connectivity index (χ1v) is 9.06. The molecular weight excluding hydrogens is 300 g/mol. The Labute approximate surface area is 143 Å². The zero-order valence-corrected chi connectivity index (χ0v) is 14.3. The maximum Gasteiger partial charge on any atom is 0.188 e. The van der Waals surface area contributed by atoms with Crippen LogP contribution in [0.1, 0.15) is 51.9 Å². The van der Waals surface area contributed by atoms with Crippen molar-refractivity contribution in [3.05, 3.63) is 46.8 Å². The standard InChI is InChI=1S/C20H26N2O2/c1-2-3-4-13-5-7-14(8-6-13)22-16-10-12-17(23)19-15(21)9-11-18(24)20(16)19/h9-14,22H,2-8,21H2,1H3/t13-,14-. The predicted octanol–water partition coefficient (Wildman–Crippen LogP) is 3.07. The number of carbonyl (C=O) groups excluding carboxylic acids is 2. The van der Waals surface area contributed by atoms with E-state index in [2.05, 4.69) is 12.2 Å². The molecule has 0 bridgehead atoms. The molecule has 0 unspecified atom stereocenters. The molecule has 3 aliphatic carbocycles. The number of fused-ring (bicyclic) bond motifs is 1. The van der Waals surface area contributed by atoms with Crippen LogP contribution in [0.25, 0.3) is 0 Å². The molecule has 0 aliphatic heterocycles. The predicted molar refractivity (Wildman–Crippen MR) is 94.9 cm³/mol. The third-order valence-corrected chi connectivity index (χ3v) is 5.29. The number of rotatable bonds is 5. The molecule has 0 aromatic rings. The molecule has 128 valence electrons. The average Bonchev–Trinajstić information content (AvgIpc) is 2.59. The van der Waals surface area contributed by atoms with Crippen LogP contribution >= 0.6 is 0 Å². The van der Waals surface area contributed by atoms with Gasteiger partial charge in [0.15, 0.2) is 11.6 Å². The molecule has 0 saturated heterocycles. The molecule has 3 N–H and O–H groups in total. The Morgan fingerprint density at radius 3 is 2.38 bits per heavy atom. The molecule has 1 fully saturated rings. The van der Waals surface area contributed by atoms with E-state index in [0.717, 1.165) is 24.5 Å². The number of hydrogen-bond acceptors (Lipinski definition) is 4. The normalized spacial score (nSPS) is 26.9. The lowest BCUT2D eigenvalue weighted by Gasteiger charge is -2.31. The van der Waals surface area contributed by atoms with Crippen molar-refractivity contribution >= 4 is 11.6 Å². The Bertz CT molecular complexity index is 659. The van der Waals surface area contributed by atoms with Crippen LogP contribution < -0.4 is 11.1 Å². The van der Waals surface area contributed by atoms with Gasteiger partial charge < -0.3 is 11.1 Å². The van der Waals surface area contributed by atoms with Gasteiger partial charge in [-0.2, -0.15) is 0 Å². The largest absolute Gasteiger partial charge is 0.398 e. The first kappa shape index (κ1) is 16.7. The molecule has 0 aromatic heterocycles. The van der Waals surface area contributed by atoms with Crippen molar-refractivity contribution in [2.75, 3.05) is 0 Å². The second-order valence-corrected chi connectivity index (χ2v) is 7.02. The zero-order chi connectivity index (χ0) is 17.1. The van der Waals surface area contributed by atoms with Gasteiger partial charge in [-0.3, -0.25) is 9.59 Å². The first-order chi connectivity index (χ1) is 11.6. The number of ketones is 2. The lowest BCUT2D eigenvalue weighted by atomic mass is 9.82. The minimum Gasteiger partial charge on any atom is -0.398 e. The van der Waals surface area contributed by atoms with Crippen molar-refractivity contribution in [1.82, 2.24) is 5.32 Å². The van der Waals surface area contributed by atoms with Crippen LogP contribution in [-0.2, 0) is 9.59 Å². The molecule has 0 aromatic carbocycles. The number of nitrogens with two attached hydrogens (primary N) is 1. The van der Waals surface area contributed by atoms with Crippen LogP contribution in [0.15, 0.2) is 46.8 Å². The number of carbonyl (C=O) groups is 2. The minimum atomic E-state index is -0.186. The van der Waals surface area contributed by atoms with Crippen LogP contribution in [0.5, 0.6) is 0 Å². The molecule has 0 spiro atoms. The number of hydrogen-bond donors (Lipinski definition) is 2. The van der Waals surface area contributed by atoms with Gasteiger partial charge in [-0.05, 0) is 55.9 Å². The molecule has 1 saturated carbocycles. The van der Waals surface area contributed by atoms with E-state index in [9.17, 15) is 9.59 Å². The summed E-state index contributed by atoms with van der Waals surface area (Å²) in [5, 5.41) is 3.50. The van der Waals surface area contributed by atoms with Gasteiger partial charge in [-0.15, -0.1) is 0 Å². The maximum absolute atomic E-state index is 12.3. The summed E-state index contributed by atoms with van der Waals surface area (Å²) in [5.41, 5.74) is 7.84. The summed E-state index contributed by atoms with van der Waals surface area (Å²) in [6.45, 7) is 2.24. The highest BCUT2D eigenvalue weighted by Gasteiger charge is 2.30. The molecule has 0 radical (unpaired) electrons. The fraction of sp³-hybridized carbons (Fsp3) is 0.500. The van der Waals surface area contributed by atoms with E-state index < -0.39 is 0 Å². The quantitative estimate of drug-likeness (QED) is 0.814. The molecule has 0 heterocycles. The molecule has 3 aliphatic rings. The Kier molecular flexibility index (Phi) is 5.03. The average molecular weight is 326 g/mol. The fourth-order valence-corrected chi connectivity index (χ4v) is 3.89. The summed E-state index contributed by atoms with van der Waals surface area (Å²) in [5.74, 6) is 0.513. The van der Waals surface area contributed by atoms with E-state index in [0.29, 0.717) is 22.9 Å². The lowest BCUT2D eigenvalue weighted by Crippen LogP contribution is -2.35. The molecule has 4 heteroatoms. The third kappa shape index (κ3) is 3.37. The summed E-state index contributed by atoms with van der Waals surface area (Å²) < 4.78 is 0. The summed E-state index contributed by atoms with van der Waals surface area (Å²) in [4.78, 5) is 24.4. The van der Waals surface area contributed by atoms with Crippen molar-refractivity contribution in [2.24, 2.45) is 11.7 Å². The van der Waals surface area contributed by atoms with Crippen molar-refractivity contribution in [3.63, 3.8) is 0 Å². The van der Waals surface area contributed by atoms with Gasteiger partial charge in [0.2, 0.25) is 0 Å². The highest BCUT2D eigenvalue weighted by atomic mass is 16.1. The van der Waals surface area contributed by atoms with Crippen LogP contribution in [-0.4, -0.2) is 17.6 Å². The Morgan fingerprint density at radius 2 is 1.67 bits per heavy atom. The number of allylic oxidation sites excluding steroid dienone is 6. The van der Waals surface area contributed by atoms with Crippen LogP contribution in [0.3, 0.4) is 0 Å². The molecule has 3 rings (SSSR count). The summed E-state index contributed by atoms with van der Waals surface area (Å²) in [6, 6.07) is 0.365. The lowest BCUT2D eigenvalue weighted by molar-refractivity contribution is -0.114. The molecule has 0 atom stereocenters. The highest BCUT2D eigenvalue weighted by molar-refractivity contribution is 6.23. The first-order valence-electron chi connectivity index (χ1n) is 9.06. The van der Waals surface area contributed by atoms with E-state index in [-0.39, 0.29) is 11.6 Å². The van der Waals surface area contributed by atoms with Gasteiger partial charge in [-0.1, -0.05) is 26.2 Å². The van der Waals surface area contributed by atoms with Crippen LogP contribution in [0.4, 0.5) is 0 Å². The SMILES string of the molecule is CCCC[C@H]1CC[C@H](NC2=C3C(=O)C=CC(N)=C3C(=O)C=C2)CC1. The van der Waals surface area contributed by atoms with Crippen molar-refractivity contribution < 1.29 is 9.59 Å². The summed E-state index contributed by atoms with van der Waals surface area (Å²) >= 11 is 0. The van der Waals surface area contributed by atoms with E-state index >= 15 is 0 Å². The van der Waals surface area contributed by atoms with E-state index in [1.165, 1.54) is 50.3 Å². The third-order valence-electron chi connectivity index (χ3n) is 5.29. The summed E-state index contributed by atoms with van der Waals surface area (Å²) in [6.07, 6.45) is 14.8. The zero-order valence-electron chi connectivity index (χ0n) is 14.3. The van der Waals surface area contributed by atoms with Crippen LogP contribution in [0.2, 0.25) is 0 Å². The maximum atomic E-state index is 12.3. The topological polar surface area (TPSA) is 72.2 Å². The fourth-order valence-electron chi connectivity index (χ4n) is 3.89. The van der Waals surface area contributed by atoms with Gasteiger partial charge in [0.05, 0.1) is 11.1 Å². The number of unbranched alkanes of at least 4 members (excludes halogenated alkanes) is 1. The second kappa shape index (κ2) is 7.20. The van der Waals surface area contributed by atoms with Crippen molar-refractivity contribution in [1.29, 1.82) is 0 Å². The van der Waals surface area contributed by atoms with Crippen molar-refractivity contribution in [2.45, 2.75) is 57.9 Å². The monoisotopic (exact) mass is 326 g/mol. The van der Waals surface area contributed by atoms with Gasteiger partial charge in [0.25, 0.3) is 0 Å². The van der Waals surface area contributed by atoms with Crippen LogP contribution in [0, 0.1) is 5.92 Å². The molecular formula is C20H26N2O2. The summed E-state index contributed by atoms with van der Waals surface area (Å²) in [7, 11) is 0. The van der Waals surface area contributed by atoms with Gasteiger partial charge in [0.1, 0.15) is 0 Å². The van der Waals surface area contributed by atoms with E-state index in [1.54, 1.807) is 6.08 Å². The van der Waals surface area contributed by atoms with Gasteiger partial charge in [-0.25, -0.2) is 0 Å². The Morgan fingerprint density at radius 1 is 1.00 bits per heavy atom. The second-order valence-electron chi connectivity index (χ2n) is 7.02. The highest BCUT2D eigenvalue weighted by Crippen LogP contribution is 2.31. The smallest absolute Gasteiger partial charge is 0.188 e. The van der Waals surface area contributed by atoms with Crippen molar-refractivity contribution in [3.8, 4) is 0 Å². The number of nitrogens with one attached hydrogen (secondary N) is 1. The molecule has 0 amide bonds. The molecule has 4 nitrogen and oxygen atoms in total. The minimum absolute atomic E-state index is 0.143. The van der Waals surface area contributed by atoms with Gasteiger partial charge in [0, 0.05) is 17.4 Å². The molecule has 24 heavy (non-hydrogen) atoms.